The third kappa shape index (κ3) is 1.71. The van der Waals surface area contributed by atoms with E-state index >= 15 is 0 Å². The number of benzene rings is 1. The molecule has 0 N–H and O–H groups in total. The molecule has 0 bridgehead atoms. The van der Waals surface area contributed by atoms with Gasteiger partial charge in [0.25, 0.3) is 0 Å². The van der Waals surface area contributed by atoms with E-state index in [1.807, 2.05) is 0 Å². The van der Waals surface area contributed by atoms with Gasteiger partial charge in [0.15, 0.2) is 0 Å². The Morgan fingerprint density at radius 1 is 0.923 bits per heavy atom. The molecule has 0 aromatic heterocycles. The van der Waals surface area contributed by atoms with Crippen molar-refractivity contribution < 1.29 is 0 Å². The van der Waals surface area contributed by atoms with Gasteiger partial charge in [-0.3, -0.25) is 0 Å². The van der Waals surface area contributed by atoms with Crippen LogP contribution in [0, 0.1) is 17.8 Å². The molecule has 0 amide bonds. The summed E-state index contributed by atoms with van der Waals surface area (Å²) < 4.78 is 1.23. The Hall–Kier alpha value is -1.86. The Bertz CT molecular complexity index is 983. The second kappa shape index (κ2) is 5.33. The van der Waals surface area contributed by atoms with Gasteiger partial charge < -0.3 is 0 Å². The van der Waals surface area contributed by atoms with Crippen LogP contribution in [0.3, 0.4) is 0 Å². The van der Waals surface area contributed by atoms with Crippen molar-refractivity contribution in [3.8, 4) is 0 Å². The lowest BCUT2D eigenvalue weighted by atomic mass is 9.60. The first-order valence-electron chi connectivity index (χ1n) is 9.72. The topological polar surface area (TPSA) is 0 Å². The third-order valence-corrected chi connectivity index (χ3v) is 7.73. The molecule has 0 saturated heterocycles. The molecule has 5 unspecified atom stereocenters. The molecule has 0 nitrogen and oxygen atoms in total. The predicted molar refractivity (Wildman–Crippen MR) is 111 cm³/mol. The normalized spacial score (nSPS) is 38.3. The van der Waals surface area contributed by atoms with E-state index in [9.17, 15) is 0 Å². The molecule has 5 atom stereocenters. The first-order chi connectivity index (χ1) is 12.8. The van der Waals surface area contributed by atoms with E-state index in [1.54, 1.807) is 16.7 Å². The summed E-state index contributed by atoms with van der Waals surface area (Å²) in [6, 6.07) is 9.22. The van der Waals surface area contributed by atoms with E-state index in [1.165, 1.54) is 22.9 Å². The van der Waals surface area contributed by atoms with Gasteiger partial charge in [-0.15, -0.1) is 0 Å². The summed E-state index contributed by atoms with van der Waals surface area (Å²) in [4.78, 5) is 0. The van der Waals surface area contributed by atoms with Crippen LogP contribution in [0.4, 0.5) is 0 Å². The van der Waals surface area contributed by atoms with Gasteiger partial charge in [0.05, 0.1) is 0 Å². The van der Waals surface area contributed by atoms with Crippen LogP contribution in [0.1, 0.15) is 29.9 Å². The second-order valence-corrected chi connectivity index (χ2v) is 9.04. The standard InChI is InChI=1S/C25H21Br/c26-16-13-14-20-19-9-3-6-12-23(19)25(24(20)15-16)21-10-4-1-7-17(21)18-8-2-5-11-22(18)25/h1,3-7,9-15,17,20-21,24H,2,8H2. The maximum atomic E-state index is 3.78. The highest BCUT2D eigenvalue weighted by Gasteiger charge is 2.61. The van der Waals surface area contributed by atoms with E-state index in [4.69, 9.17) is 0 Å². The van der Waals surface area contributed by atoms with Crippen molar-refractivity contribution in [3.05, 3.63) is 106 Å². The second-order valence-electron chi connectivity index (χ2n) is 8.12. The molecule has 1 spiro atoms. The van der Waals surface area contributed by atoms with Crippen LogP contribution < -0.4 is 0 Å². The number of fused-ring (bicyclic) bond motifs is 9. The maximum absolute atomic E-state index is 3.78. The molecule has 0 fully saturated rings. The van der Waals surface area contributed by atoms with Gasteiger partial charge in [-0.1, -0.05) is 100 Å². The van der Waals surface area contributed by atoms with Crippen molar-refractivity contribution in [1.82, 2.24) is 0 Å². The average Bonchev–Trinajstić information content (AvgIpc) is 3.15. The monoisotopic (exact) mass is 400 g/mol. The lowest BCUT2D eigenvalue weighted by molar-refractivity contribution is 0.295. The van der Waals surface area contributed by atoms with Gasteiger partial charge in [-0.25, -0.2) is 0 Å². The molecule has 0 saturated carbocycles. The number of rotatable bonds is 0. The number of halogens is 1. The lowest BCUT2D eigenvalue weighted by Gasteiger charge is -2.42. The Balaban J connectivity index is 1.70. The van der Waals surface area contributed by atoms with Crippen LogP contribution in [-0.2, 0) is 5.41 Å². The Labute approximate surface area is 163 Å². The summed E-state index contributed by atoms with van der Waals surface area (Å²) in [5.74, 6) is 2.05. The zero-order valence-corrected chi connectivity index (χ0v) is 16.2. The van der Waals surface area contributed by atoms with E-state index < -0.39 is 0 Å². The van der Waals surface area contributed by atoms with Crippen molar-refractivity contribution in [1.29, 1.82) is 0 Å². The smallest absolute Gasteiger partial charge is 0.0348 e. The van der Waals surface area contributed by atoms with Crippen molar-refractivity contribution in [2.75, 3.05) is 0 Å². The highest BCUT2D eigenvalue weighted by molar-refractivity contribution is 9.11. The van der Waals surface area contributed by atoms with Crippen LogP contribution in [0.2, 0.25) is 0 Å². The molecule has 5 aliphatic carbocycles. The number of allylic oxidation sites excluding steroid dienone is 12. The molecular formula is C25H21Br. The molecule has 0 aliphatic heterocycles. The van der Waals surface area contributed by atoms with Gasteiger partial charge >= 0.3 is 0 Å². The minimum Gasteiger partial charge on any atom is -0.0839 e. The average molecular weight is 401 g/mol. The quantitative estimate of drug-likeness (QED) is 0.465. The maximum Gasteiger partial charge on any atom is 0.0348 e. The first kappa shape index (κ1) is 15.2. The van der Waals surface area contributed by atoms with Crippen LogP contribution in [-0.4, -0.2) is 0 Å². The lowest BCUT2D eigenvalue weighted by Crippen LogP contribution is -2.40. The SMILES string of the molecule is BrC1=CC2C(C=C1)c1ccccc1C21C2=C(CCC=C2)C2C=CC=CC21. The van der Waals surface area contributed by atoms with Crippen LogP contribution in [0.25, 0.3) is 0 Å². The van der Waals surface area contributed by atoms with Crippen LogP contribution in [0.5, 0.6) is 0 Å². The fourth-order valence-corrected chi connectivity index (χ4v) is 6.85. The molecule has 1 aromatic carbocycles. The number of hydrogen-bond donors (Lipinski definition) is 0. The molecule has 5 aliphatic rings. The van der Waals surface area contributed by atoms with E-state index in [0.717, 1.165) is 0 Å². The molecule has 1 aromatic rings. The van der Waals surface area contributed by atoms with Crippen molar-refractivity contribution in [2.24, 2.45) is 17.8 Å². The van der Waals surface area contributed by atoms with E-state index in [-0.39, 0.29) is 5.41 Å². The summed E-state index contributed by atoms with van der Waals surface area (Å²) in [7, 11) is 0. The number of hydrogen-bond acceptors (Lipinski definition) is 0. The van der Waals surface area contributed by atoms with Crippen molar-refractivity contribution >= 4 is 15.9 Å². The molecule has 128 valence electrons. The summed E-state index contributed by atoms with van der Waals surface area (Å²) in [5, 5.41) is 0. The van der Waals surface area contributed by atoms with Gasteiger partial charge in [0, 0.05) is 33.6 Å². The predicted octanol–water partition coefficient (Wildman–Crippen LogP) is 6.51. The minimum absolute atomic E-state index is 0.0726. The molecular weight excluding hydrogens is 380 g/mol. The first-order valence-corrected chi connectivity index (χ1v) is 10.5. The largest absolute Gasteiger partial charge is 0.0839 e. The van der Waals surface area contributed by atoms with Gasteiger partial charge in [0.2, 0.25) is 0 Å². The van der Waals surface area contributed by atoms with Crippen molar-refractivity contribution in [2.45, 2.75) is 24.2 Å². The minimum atomic E-state index is 0.0726. The Kier molecular flexibility index (Phi) is 3.12. The zero-order valence-electron chi connectivity index (χ0n) is 14.6. The fourth-order valence-electron chi connectivity index (χ4n) is 6.41. The Morgan fingerprint density at radius 2 is 1.81 bits per heavy atom. The summed E-state index contributed by atoms with van der Waals surface area (Å²) >= 11 is 3.78. The Morgan fingerprint density at radius 3 is 2.77 bits per heavy atom. The summed E-state index contributed by atoms with van der Waals surface area (Å²) in [6.45, 7) is 0. The molecule has 1 heteroatoms. The highest BCUT2D eigenvalue weighted by Crippen LogP contribution is 2.68. The third-order valence-electron chi connectivity index (χ3n) is 7.20. The summed E-state index contributed by atoms with van der Waals surface area (Å²) in [5.41, 5.74) is 6.46. The van der Waals surface area contributed by atoms with E-state index in [0.29, 0.717) is 23.7 Å². The van der Waals surface area contributed by atoms with E-state index in [2.05, 4.69) is 94.9 Å². The van der Waals surface area contributed by atoms with Crippen LogP contribution >= 0.6 is 15.9 Å². The van der Waals surface area contributed by atoms with Gasteiger partial charge in [-0.2, -0.15) is 0 Å². The molecule has 0 radical (unpaired) electrons. The van der Waals surface area contributed by atoms with Gasteiger partial charge in [-0.05, 0) is 29.5 Å². The fraction of sp³-hybridized carbons (Fsp3) is 0.280. The highest BCUT2D eigenvalue weighted by atomic mass is 79.9. The van der Waals surface area contributed by atoms with Crippen molar-refractivity contribution in [3.63, 3.8) is 0 Å². The zero-order chi connectivity index (χ0) is 17.3. The van der Waals surface area contributed by atoms with Gasteiger partial charge in [0.1, 0.15) is 0 Å². The molecule has 26 heavy (non-hydrogen) atoms. The summed E-state index contributed by atoms with van der Waals surface area (Å²) in [6.07, 6.45) is 23.9. The molecule has 0 heterocycles. The van der Waals surface area contributed by atoms with Crippen LogP contribution in [0.15, 0.2) is 94.6 Å². The molecule has 6 rings (SSSR count).